The highest BCUT2D eigenvalue weighted by Crippen LogP contribution is 2.38. The van der Waals surface area contributed by atoms with E-state index in [1.165, 1.54) is 89.9 Å². The summed E-state index contributed by atoms with van der Waals surface area (Å²) in [6, 6.07) is 0. The number of unbranched alkanes of at least 4 members (excludes halogenated alkanes) is 18. The van der Waals surface area contributed by atoms with E-state index in [1.807, 2.05) is 27.2 Å². The number of carbonyl (C=O) groups excluding carboxylic acids is 1. The van der Waals surface area contributed by atoms with Gasteiger partial charge in [-0.05, 0) is 76.7 Å². The van der Waals surface area contributed by atoms with Gasteiger partial charge in [0.05, 0.1) is 46.2 Å². The fourth-order valence-electron chi connectivity index (χ4n) is 6.10. The SMILES string of the molecule is CCCCC/C=C\CC1OC1CCCCCCCC(=O)O[C@H](CO/C=C/CCCCCC/C=C\CCCCCCCC)COP(=O)([O-])OCC[N+](C)(C)C. The van der Waals surface area contributed by atoms with Gasteiger partial charge in [-0.25, -0.2) is 0 Å². The van der Waals surface area contributed by atoms with Crippen molar-refractivity contribution in [3.8, 4) is 0 Å². The molecule has 9 nitrogen and oxygen atoms in total. The maximum atomic E-state index is 12.7. The number of phosphoric ester groups is 1. The van der Waals surface area contributed by atoms with Gasteiger partial charge in [0.2, 0.25) is 0 Å². The van der Waals surface area contributed by atoms with Gasteiger partial charge in [0, 0.05) is 6.42 Å². The molecule has 0 spiro atoms. The largest absolute Gasteiger partial charge is 0.756 e. The smallest absolute Gasteiger partial charge is 0.306 e. The van der Waals surface area contributed by atoms with Crippen LogP contribution in [0.1, 0.15) is 174 Å². The van der Waals surface area contributed by atoms with E-state index in [0.29, 0.717) is 23.2 Å². The number of ether oxygens (including phenoxy) is 3. The van der Waals surface area contributed by atoms with Crippen LogP contribution in [0.5, 0.6) is 0 Å². The number of hydrogen-bond acceptors (Lipinski definition) is 8. The predicted octanol–water partition coefficient (Wildman–Crippen LogP) is 11.3. The lowest BCUT2D eigenvalue weighted by Crippen LogP contribution is -2.37. The summed E-state index contributed by atoms with van der Waals surface area (Å²) in [6.45, 7) is 4.66. The molecule has 1 fully saturated rings. The van der Waals surface area contributed by atoms with Gasteiger partial charge >= 0.3 is 5.97 Å². The number of hydrogen-bond donors (Lipinski definition) is 0. The van der Waals surface area contributed by atoms with Crippen molar-refractivity contribution in [2.24, 2.45) is 0 Å². The van der Waals surface area contributed by atoms with Gasteiger partial charge < -0.3 is 32.6 Å². The van der Waals surface area contributed by atoms with Crippen molar-refractivity contribution < 1.29 is 42.0 Å². The molecule has 0 saturated carbocycles. The molecule has 0 amide bonds. The Kier molecular flexibility index (Phi) is 31.5. The van der Waals surface area contributed by atoms with Crippen molar-refractivity contribution >= 4 is 13.8 Å². The van der Waals surface area contributed by atoms with Crippen LogP contribution in [0, 0.1) is 0 Å². The normalized spacial score (nSPS) is 17.8. The van der Waals surface area contributed by atoms with Crippen LogP contribution in [0.2, 0.25) is 0 Å². The lowest BCUT2D eigenvalue weighted by molar-refractivity contribution is -0.870. The molecule has 4 atom stereocenters. The molecule has 1 heterocycles. The molecule has 316 valence electrons. The Balaban J connectivity index is 2.27. The number of esters is 1. The van der Waals surface area contributed by atoms with Crippen LogP contribution in [0.3, 0.4) is 0 Å². The third-order valence-corrected chi connectivity index (χ3v) is 10.6. The lowest BCUT2D eigenvalue weighted by atomic mass is 10.1. The molecule has 0 aliphatic carbocycles. The number of carbonyl (C=O) groups is 1. The highest BCUT2D eigenvalue weighted by molar-refractivity contribution is 7.45. The van der Waals surface area contributed by atoms with Crippen LogP contribution in [-0.4, -0.2) is 76.3 Å². The first-order chi connectivity index (χ1) is 26.1. The second-order valence-electron chi connectivity index (χ2n) is 16.1. The molecule has 1 aliphatic heterocycles. The summed E-state index contributed by atoms with van der Waals surface area (Å²) in [6.07, 6.45) is 41.2. The Morgan fingerprint density at radius 1 is 0.685 bits per heavy atom. The third-order valence-electron chi connectivity index (χ3n) is 9.65. The number of allylic oxidation sites excluding steroid dienone is 4. The topological polar surface area (TPSA) is 107 Å². The van der Waals surface area contributed by atoms with E-state index in [0.717, 1.165) is 64.2 Å². The minimum Gasteiger partial charge on any atom is -0.756 e. The van der Waals surface area contributed by atoms with Gasteiger partial charge in [0.1, 0.15) is 19.8 Å². The first-order valence-electron chi connectivity index (χ1n) is 21.9. The van der Waals surface area contributed by atoms with Crippen LogP contribution >= 0.6 is 7.82 Å². The summed E-state index contributed by atoms with van der Waals surface area (Å²) >= 11 is 0. The molecule has 1 saturated heterocycles. The predicted molar refractivity (Wildman–Crippen MR) is 221 cm³/mol. The Hall–Kier alpha value is -1.48. The summed E-state index contributed by atoms with van der Waals surface area (Å²) in [4.78, 5) is 25.0. The van der Waals surface area contributed by atoms with E-state index in [2.05, 4.69) is 38.2 Å². The van der Waals surface area contributed by atoms with Crippen LogP contribution < -0.4 is 4.89 Å². The molecule has 1 aliphatic rings. The number of nitrogens with zero attached hydrogens (tertiary/aromatic N) is 1. The molecular formula is C44H82NO8P. The second kappa shape index (κ2) is 33.6. The van der Waals surface area contributed by atoms with E-state index < -0.39 is 13.9 Å². The molecule has 0 aromatic heterocycles. The van der Waals surface area contributed by atoms with Crippen LogP contribution in [0.25, 0.3) is 0 Å². The maximum Gasteiger partial charge on any atom is 0.306 e. The summed E-state index contributed by atoms with van der Waals surface area (Å²) < 4.78 is 40.1. The highest BCUT2D eigenvalue weighted by atomic mass is 31.2. The maximum absolute atomic E-state index is 12.7. The van der Waals surface area contributed by atoms with E-state index in [4.69, 9.17) is 23.3 Å². The van der Waals surface area contributed by atoms with Crippen molar-refractivity contribution in [1.29, 1.82) is 0 Å². The van der Waals surface area contributed by atoms with Gasteiger partial charge in [-0.1, -0.05) is 122 Å². The molecule has 0 aromatic carbocycles. The zero-order valence-corrected chi connectivity index (χ0v) is 36.3. The standard InChI is InChI=1S/C44H82NO8P/c1-6-8-10-12-14-15-16-17-18-19-20-21-22-23-28-32-37-49-39-41(40-51-54(47,48)50-38-36-45(3,4)5)52-44(46)35-31-27-24-26-30-34-43-42(53-43)33-29-25-13-11-9-7-2/h17-18,25,29,32,37,41-43H,6-16,19-24,26-28,30-31,33-36,38-40H2,1-5H3/b18-17-,29-25-,37-32+/t41-,42?,43?/m1/s1. The molecule has 3 unspecified atom stereocenters. The van der Waals surface area contributed by atoms with Crippen LogP contribution in [0.15, 0.2) is 36.6 Å². The van der Waals surface area contributed by atoms with Crippen molar-refractivity contribution in [2.75, 3.05) is 47.5 Å². The van der Waals surface area contributed by atoms with E-state index >= 15 is 0 Å². The van der Waals surface area contributed by atoms with Crippen LogP contribution in [0.4, 0.5) is 0 Å². The van der Waals surface area contributed by atoms with Crippen LogP contribution in [-0.2, 0) is 32.6 Å². The molecule has 10 heteroatoms. The number of epoxide rings is 1. The Labute approximate surface area is 331 Å². The van der Waals surface area contributed by atoms with Gasteiger partial charge in [-0.3, -0.25) is 9.36 Å². The summed E-state index contributed by atoms with van der Waals surface area (Å²) in [5, 5.41) is 0. The van der Waals surface area contributed by atoms with Crippen molar-refractivity contribution in [3.63, 3.8) is 0 Å². The third kappa shape index (κ3) is 33.8. The number of likely N-dealkylation sites (N-methyl/N-ethyl adjacent to an activating group) is 1. The first-order valence-corrected chi connectivity index (χ1v) is 23.3. The van der Waals surface area contributed by atoms with E-state index in [9.17, 15) is 14.3 Å². The first kappa shape index (κ1) is 50.5. The minimum atomic E-state index is -4.55. The zero-order valence-electron chi connectivity index (χ0n) is 35.4. The Morgan fingerprint density at radius 2 is 1.22 bits per heavy atom. The Morgan fingerprint density at radius 3 is 1.87 bits per heavy atom. The van der Waals surface area contributed by atoms with Gasteiger partial charge in [0.15, 0.2) is 6.10 Å². The van der Waals surface area contributed by atoms with Crippen molar-refractivity contribution in [2.45, 2.75) is 193 Å². The van der Waals surface area contributed by atoms with Crippen molar-refractivity contribution in [3.05, 3.63) is 36.6 Å². The van der Waals surface area contributed by atoms with Crippen molar-refractivity contribution in [1.82, 2.24) is 0 Å². The minimum absolute atomic E-state index is 0.00503. The molecule has 0 aromatic rings. The summed E-state index contributed by atoms with van der Waals surface area (Å²) in [5.41, 5.74) is 0. The number of phosphoric acid groups is 1. The molecule has 0 bridgehead atoms. The summed E-state index contributed by atoms with van der Waals surface area (Å²) in [7, 11) is 1.30. The van der Waals surface area contributed by atoms with E-state index in [1.54, 1.807) is 6.26 Å². The zero-order chi connectivity index (χ0) is 39.6. The highest BCUT2D eigenvalue weighted by Gasteiger charge is 2.36. The molecule has 1 rings (SSSR count). The monoisotopic (exact) mass is 784 g/mol. The quantitative estimate of drug-likeness (QED) is 0.0115. The fourth-order valence-corrected chi connectivity index (χ4v) is 6.83. The number of rotatable bonds is 39. The van der Waals surface area contributed by atoms with Gasteiger partial charge in [-0.15, -0.1) is 0 Å². The molecule has 0 N–H and O–H groups in total. The lowest BCUT2D eigenvalue weighted by Gasteiger charge is -2.28. The second-order valence-corrected chi connectivity index (χ2v) is 17.6. The number of quaternary nitrogens is 1. The summed E-state index contributed by atoms with van der Waals surface area (Å²) in [5.74, 6) is -0.378. The van der Waals surface area contributed by atoms with E-state index in [-0.39, 0.29) is 32.2 Å². The average molecular weight is 784 g/mol. The fraction of sp³-hybridized carbons (Fsp3) is 0.841. The average Bonchev–Trinajstić information content (AvgIpc) is 3.88. The molecule has 0 radical (unpaired) electrons. The molecule has 54 heavy (non-hydrogen) atoms. The molecular weight excluding hydrogens is 701 g/mol. The Bertz CT molecular complexity index is 1030. The van der Waals surface area contributed by atoms with Gasteiger partial charge in [-0.2, -0.15) is 0 Å². The van der Waals surface area contributed by atoms with Gasteiger partial charge in [0.25, 0.3) is 7.82 Å².